The van der Waals surface area contributed by atoms with Gasteiger partial charge in [-0.15, -0.1) is 11.3 Å². The van der Waals surface area contributed by atoms with Crippen molar-refractivity contribution >= 4 is 121 Å². The molecule has 0 amide bonds. The Morgan fingerprint density at radius 3 is 0.655 bits per heavy atom. The Kier molecular flexibility index (Phi) is 30.5. The van der Waals surface area contributed by atoms with Gasteiger partial charge in [0.05, 0.1) is 0 Å². The molecule has 87 heavy (non-hydrogen) atoms. The lowest BCUT2D eigenvalue weighted by atomic mass is 10.7. The summed E-state index contributed by atoms with van der Waals surface area (Å²) in [5, 5.41) is 0. The molecular weight excluding hydrogens is 1510 g/mol. The molecule has 528 valence electrons. The van der Waals surface area contributed by atoms with Crippen molar-refractivity contribution in [2.75, 3.05) is 81.6 Å². The third kappa shape index (κ3) is 23.7. The highest BCUT2D eigenvalue weighted by Crippen LogP contribution is 2.34. The minimum atomic E-state index is -6.55. The lowest BCUT2D eigenvalue weighted by Gasteiger charge is -2.26. The van der Waals surface area contributed by atoms with Gasteiger partial charge in [0.2, 0.25) is 60.6 Å². The van der Waals surface area contributed by atoms with E-state index in [2.05, 4.69) is 26.4 Å². The first kappa shape index (κ1) is 89.0. The molecule has 63 heteroatoms. The van der Waals surface area contributed by atoms with Crippen molar-refractivity contribution in [1.29, 1.82) is 0 Å². The second kappa shape index (κ2) is 29.8. The summed E-state index contributed by atoms with van der Waals surface area (Å²) in [6.45, 7) is 3.66. The highest BCUT2D eigenvalue weighted by molar-refractivity contribution is 8.10. The summed E-state index contributed by atoms with van der Waals surface area (Å²) in [5.41, 5.74) is -36.5. The van der Waals surface area contributed by atoms with Gasteiger partial charge in [-0.3, -0.25) is 12.6 Å². The highest BCUT2D eigenvalue weighted by atomic mass is 32.3. The van der Waals surface area contributed by atoms with Crippen molar-refractivity contribution < 1.29 is 156 Å². The maximum atomic E-state index is 13.1. The van der Waals surface area contributed by atoms with Crippen LogP contribution in [0.4, 0.5) is 79.0 Å². The van der Waals surface area contributed by atoms with Gasteiger partial charge in [-0.05, 0) is 0 Å². The van der Waals surface area contributed by atoms with E-state index in [1.54, 1.807) is 0 Å². The zero-order chi connectivity index (χ0) is 71.1. The highest BCUT2D eigenvalue weighted by Gasteiger charge is 2.51. The van der Waals surface area contributed by atoms with E-state index in [1.165, 1.54) is 0 Å². The molecule has 9 unspecified atom stereocenters. The fourth-order valence-electron chi connectivity index (χ4n) is 3.62. The first-order valence-electron chi connectivity index (χ1n) is 20.8. The average molecular weight is 1560 g/mol. The minimum Gasteiger partial charge on any atom is -0.757 e. The van der Waals surface area contributed by atoms with Gasteiger partial charge < -0.3 is 13.7 Å². The fourth-order valence-corrected chi connectivity index (χ4v) is 24.4. The van der Waals surface area contributed by atoms with Gasteiger partial charge in [0, 0.05) is 81.6 Å². The van der Waals surface area contributed by atoms with E-state index in [1.807, 2.05) is 7.54 Å². The number of hydrogen-bond acceptors (Lipinski definition) is 18. The predicted molar refractivity (Wildman–Crippen MR) is 270 cm³/mol. The minimum absolute atomic E-state index is 0.0785. The molecule has 0 aliphatic heterocycles. The first-order chi connectivity index (χ1) is 37.8. The normalized spacial score (nSPS) is 19.9. The van der Waals surface area contributed by atoms with Crippen LogP contribution in [0.25, 0.3) is 0 Å². The molecule has 0 N–H and O–H groups in total. The molecule has 0 aliphatic rings. The van der Waals surface area contributed by atoms with Crippen LogP contribution in [0.5, 0.6) is 0 Å². The van der Waals surface area contributed by atoms with Crippen LogP contribution in [-0.2, 0) is 121 Å². The van der Waals surface area contributed by atoms with E-state index in [0.29, 0.717) is 50.9 Å². The number of nitrogens with zero attached hydrogens (tertiary/aromatic N) is 15. The maximum absolute atomic E-state index is 13.1. The Bertz CT molecular complexity index is 4020. The lowest BCUT2D eigenvalue weighted by Crippen LogP contribution is -2.36. The Morgan fingerprint density at radius 2 is 0.437 bits per heavy atom. The van der Waals surface area contributed by atoms with Crippen molar-refractivity contribution in [2.24, 2.45) is 33.9 Å². The largest absolute Gasteiger partial charge is 0.757 e. The van der Waals surface area contributed by atoms with Crippen molar-refractivity contribution in [3.63, 3.8) is 0 Å². The van der Waals surface area contributed by atoms with E-state index in [9.17, 15) is 156 Å². The second-order valence-electron chi connectivity index (χ2n) is 14.7. The molecule has 0 saturated carbocycles. The molecule has 0 aromatic rings. The molecule has 0 aromatic carbocycles. The van der Waals surface area contributed by atoms with E-state index >= 15 is 0 Å². The van der Waals surface area contributed by atoms with Crippen LogP contribution in [0.1, 0.15) is 41.5 Å². The molecule has 0 aromatic heterocycles. The molecule has 0 radical (unpaired) electrons. The second-order valence-corrected chi connectivity index (χ2v) is 38.0. The van der Waals surface area contributed by atoms with Crippen LogP contribution >= 0.6 is 0 Å². The zero-order valence-corrected chi connectivity index (χ0v) is 54.8. The Labute approximate surface area is 489 Å². The standard InChI is InChI=1S/C10H21F6N5O6S4.C8H17F6N5O6S4.C6H13F6N5O6S4/c1-5-20(6-2)30(26,17-28(22,23)9(11,12)13)19-31(27,21(7-3)8-4)18-29(24,25)10(14,15)16;1-5-18(3)28(24,15-26(20,21)7(9,10)11)17-29(25,19(4)6-2)16-27(22,23)8(12,13)14;1-16(2)26(22,13-24(18,19)5(7,8)9)15-27(23,17(3)4)14-25(20,21)6(10,11)12/h5-8H2,1-4H3,(H,17,18,19,22,23,26,27);5-6H2,1-4H3,(H,15,16,17,20,21,24,25);1-4H3,(H,13,14,15,18,19,22,23)/p-3. The number of hydrogen-bond donors (Lipinski definition) is 0. The van der Waals surface area contributed by atoms with Crippen molar-refractivity contribution in [2.45, 2.75) is 74.6 Å². The topological polar surface area (TPSA) is 456 Å². The van der Waals surface area contributed by atoms with Crippen LogP contribution in [0.15, 0.2) is 33.9 Å². The number of sulfonamides is 3. The Hall–Kier alpha value is -2.22. The Balaban J connectivity index is -0.00000122. The summed E-state index contributed by atoms with van der Waals surface area (Å²) in [6.07, 6.45) is 0. The predicted octanol–water partition coefficient (Wildman–Crippen LogP) is 4.36. The lowest BCUT2D eigenvalue weighted by molar-refractivity contribution is -0.0479. The maximum Gasteiger partial charge on any atom is 0.519 e. The summed E-state index contributed by atoms with van der Waals surface area (Å²) in [4.78, 5) is 0. The van der Waals surface area contributed by atoms with Crippen LogP contribution in [0.3, 0.4) is 0 Å². The molecule has 0 bridgehead atoms. The van der Waals surface area contributed by atoms with Gasteiger partial charge in [-0.25, -0.2) is 42.5 Å². The van der Waals surface area contributed by atoms with Gasteiger partial charge in [-0.1, -0.05) is 64.2 Å². The average Bonchev–Trinajstić information content (AvgIpc) is 2.34. The Morgan fingerprint density at radius 1 is 0.264 bits per heavy atom. The van der Waals surface area contributed by atoms with Crippen LogP contribution in [0.2, 0.25) is 0 Å². The molecule has 33 nitrogen and oxygen atoms in total. The summed E-state index contributed by atoms with van der Waals surface area (Å²) < 4.78 is 460. The SMILES string of the molecule is CCN(C)S(=O)(=NS(=O)(=O)C(F)(F)F)N=S(=O)(N=S(=O)([O-])C(F)(F)F)N(C)CC.CCN(CC)S(=O)(=NS(=O)(=O)C(F)(F)F)N=S(=O)(N=S(=O)([O-])C(F)(F)F)N(CC)CC.CN(C)S(=O)(=NS(=O)(=O)C(F)(F)F)N=S(=O)(N=S(=O)([O-])C(F)(F)F)N(C)C. The molecule has 0 spiro atoms. The smallest absolute Gasteiger partial charge is 0.519 e. The summed E-state index contributed by atoms with van der Waals surface area (Å²) >= 11 is 0. The number of halogens is 18. The quantitative estimate of drug-likeness (QED) is 0.144. The van der Waals surface area contributed by atoms with Crippen LogP contribution < -0.4 is 0 Å². The third-order valence-corrected chi connectivity index (χ3v) is 32.2. The van der Waals surface area contributed by atoms with Crippen molar-refractivity contribution in [3.05, 3.63) is 0 Å². The molecule has 0 rings (SSSR count). The van der Waals surface area contributed by atoms with Crippen molar-refractivity contribution in [3.8, 4) is 0 Å². The fraction of sp³-hybridized carbons (Fsp3) is 1.00. The number of rotatable bonds is 21. The first-order valence-corrected chi connectivity index (χ1v) is 38.0. The van der Waals surface area contributed by atoms with Gasteiger partial charge in [0.1, 0.15) is 30.0 Å². The third-order valence-electron chi connectivity index (χ3n) is 8.25. The van der Waals surface area contributed by atoms with Crippen molar-refractivity contribution in [1.82, 2.24) is 25.8 Å². The molecule has 0 fully saturated rings. The van der Waals surface area contributed by atoms with E-state index in [0.717, 1.165) is 41.5 Å². The molecule has 0 aliphatic carbocycles. The molecule has 0 heterocycles. The summed E-state index contributed by atoms with van der Waals surface area (Å²) in [6, 6.07) is 0. The number of alkyl halides is 18. The summed E-state index contributed by atoms with van der Waals surface area (Å²) in [7, 11) is -66.8. The van der Waals surface area contributed by atoms with Gasteiger partial charge >= 0.3 is 63.1 Å². The molecule has 9 atom stereocenters. The van der Waals surface area contributed by atoms with Gasteiger partial charge in [0.25, 0.3) is 0 Å². The van der Waals surface area contributed by atoms with E-state index in [4.69, 9.17) is 0 Å². The summed E-state index contributed by atoms with van der Waals surface area (Å²) in [5.74, 6) is 0. The molecule has 0 saturated heterocycles. The zero-order valence-electron chi connectivity index (χ0n) is 45.0. The van der Waals surface area contributed by atoms with E-state index < -0.39 is 193 Å². The molecular formula is C24H48F18N15O18S12-3. The van der Waals surface area contributed by atoms with Gasteiger partial charge in [-0.2, -0.15) is 113 Å². The van der Waals surface area contributed by atoms with E-state index in [-0.39, 0.29) is 17.2 Å². The van der Waals surface area contributed by atoms with Crippen LogP contribution in [0, 0.1) is 0 Å². The van der Waals surface area contributed by atoms with Crippen LogP contribution in [-0.4, -0.2) is 217 Å². The monoisotopic (exact) mass is 1560 g/mol. The van der Waals surface area contributed by atoms with Gasteiger partial charge in [0.15, 0.2) is 0 Å².